The molecule has 72 valence electrons. The Bertz CT molecular complexity index is 243. The molecule has 1 aliphatic rings. The van der Waals surface area contributed by atoms with E-state index in [1.807, 2.05) is 43.4 Å². The molecule has 0 amide bonds. The third-order valence-electron chi connectivity index (χ3n) is 2.13. The van der Waals surface area contributed by atoms with Gasteiger partial charge in [0.2, 0.25) is 0 Å². The van der Waals surface area contributed by atoms with Gasteiger partial charge in [0, 0.05) is 0 Å². The van der Waals surface area contributed by atoms with Crippen LogP contribution in [0.4, 0.5) is 0 Å². The van der Waals surface area contributed by atoms with Gasteiger partial charge in [-0.25, -0.2) is 0 Å². The lowest BCUT2D eigenvalue weighted by atomic mass is 10.0. The van der Waals surface area contributed by atoms with E-state index in [9.17, 15) is 4.79 Å². The molecular weight excluding hydrogens is 164 g/mol. The maximum atomic E-state index is 11.3. The molecule has 1 rings (SSSR count). The minimum atomic E-state index is -0.0822. The normalized spacial score (nSPS) is 22.9. The Morgan fingerprint density at radius 1 is 1.46 bits per heavy atom. The number of rotatable bonds is 3. The Hall–Kier alpha value is -1.09. The zero-order valence-electron chi connectivity index (χ0n) is 8.32. The van der Waals surface area contributed by atoms with Crippen molar-refractivity contribution in [2.45, 2.75) is 19.0 Å². The molecule has 13 heavy (non-hydrogen) atoms. The minimum Gasteiger partial charge on any atom is -0.383 e. The summed E-state index contributed by atoms with van der Waals surface area (Å²) < 4.78 is 0. The molecule has 1 aliphatic heterocycles. The maximum Gasteiger partial charge on any atom is 0.149 e. The number of hydrogen-bond donors (Lipinski definition) is 1. The van der Waals surface area contributed by atoms with Gasteiger partial charge in [0.05, 0.1) is 12.1 Å². The van der Waals surface area contributed by atoms with Crippen LogP contribution in [0, 0.1) is 0 Å². The van der Waals surface area contributed by atoms with Crippen LogP contribution in [0.5, 0.6) is 0 Å². The van der Waals surface area contributed by atoms with E-state index in [1.54, 1.807) is 6.92 Å². The van der Waals surface area contributed by atoms with Crippen molar-refractivity contribution in [1.29, 1.82) is 0 Å². The van der Waals surface area contributed by atoms with E-state index < -0.39 is 0 Å². The van der Waals surface area contributed by atoms with Crippen LogP contribution in [0.25, 0.3) is 0 Å². The predicted molar refractivity (Wildman–Crippen MR) is 53.4 cm³/mol. The molecule has 1 heterocycles. The number of dihydropyridines is 1. The third kappa shape index (κ3) is 2.42. The Morgan fingerprint density at radius 2 is 2.15 bits per heavy atom. The van der Waals surface area contributed by atoms with Crippen molar-refractivity contribution in [3.05, 3.63) is 24.4 Å². The van der Waals surface area contributed by atoms with Crippen molar-refractivity contribution < 1.29 is 4.79 Å². The van der Waals surface area contributed by atoms with E-state index in [0.717, 1.165) is 0 Å². The molecule has 0 fully saturated rings. The zero-order chi connectivity index (χ0) is 9.84. The smallest absolute Gasteiger partial charge is 0.149 e. The van der Waals surface area contributed by atoms with E-state index in [-0.39, 0.29) is 17.9 Å². The molecule has 0 aromatic carbocycles. The number of Topliss-reactive ketones (excluding diaryl/α,β-unsaturated/α-hetero) is 1. The molecule has 0 spiro atoms. The zero-order valence-corrected chi connectivity index (χ0v) is 8.32. The topological polar surface area (TPSA) is 32.3 Å². The Balaban J connectivity index is 2.70. The van der Waals surface area contributed by atoms with Crippen LogP contribution in [0.15, 0.2) is 24.4 Å². The van der Waals surface area contributed by atoms with Gasteiger partial charge in [-0.3, -0.25) is 9.69 Å². The fourth-order valence-corrected chi connectivity index (χ4v) is 1.60. The number of hydrogen-bond acceptors (Lipinski definition) is 3. The molecule has 0 saturated carbocycles. The molecule has 2 atom stereocenters. The standard InChI is InChI=1S/C10H16N2O/c1-8(13)10(12(2)3)9-6-4-5-7-11-9/h4-7,9-11H,1-3H3. The second-order valence-electron chi connectivity index (χ2n) is 3.46. The van der Waals surface area contributed by atoms with Crippen molar-refractivity contribution in [3.63, 3.8) is 0 Å². The summed E-state index contributed by atoms with van der Waals surface area (Å²) in [5.74, 6) is 0.183. The lowest BCUT2D eigenvalue weighted by Gasteiger charge is -2.29. The Kier molecular flexibility index (Phi) is 3.25. The van der Waals surface area contributed by atoms with Gasteiger partial charge in [-0.05, 0) is 33.3 Å². The Labute approximate surface area is 79.1 Å². The number of nitrogens with one attached hydrogen (secondary N) is 1. The quantitative estimate of drug-likeness (QED) is 0.688. The lowest BCUT2D eigenvalue weighted by Crippen LogP contribution is -2.49. The number of carbonyl (C=O) groups excluding carboxylic acids is 1. The molecular formula is C10H16N2O. The minimum absolute atomic E-state index is 0.0822. The van der Waals surface area contributed by atoms with Gasteiger partial charge in [0.1, 0.15) is 5.78 Å². The van der Waals surface area contributed by atoms with Gasteiger partial charge in [-0.2, -0.15) is 0 Å². The molecule has 0 aliphatic carbocycles. The molecule has 0 radical (unpaired) electrons. The number of carbonyl (C=O) groups is 1. The predicted octanol–water partition coefficient (Wildman–Crippen LogP) is 0.547. The molecule has 0 aromatic heterocycles. The molecule has 0 bridgehead atoms. The monoisotopic (exact) mass is 180 g/mol. The first-order chi connectivity index (χ1) is 6.13. The largest absolute Gasteiger partial charge is 0.383 e. The highest BCUT2D eigenvalue weighted by atomic mass is 16.1. The second kappa shape index (κ2) is 4.23. The molecule has 0 aromatic rings. The maximum absolute atomic E-state index is 11.3. The first kappa shape index (κ1) is 9.99. The van der Waals surface area contributed by atoms with E-state index in [2.05, 4.69) is 5.32 Å². The van der Waals surface area contributed by atoms with Crippen LogP contribution in [0.1, 0.15) is 6.92 Å². The average Bonchev–Trinajstić information content (AvgIpc) is 2.04. The van der Waals surface area contributed by atoms with Gasteiger partial charge in [-0.15, -0.1) is 0 Å². The lowest BCUT2D eigenvalue weighted by molar-refractivity contribution is -0.121. The van der Waals surface area contributed by atoms with E-state index in [4.69, 9.17) is 0 Å². The van der Waals surface area contributed by atoms with Gasteiger partial charge in [0.25, 0.3) is 0 Å². The molecule has 0 saturated heterocycles. The van der Waals surface area contributed by atoms with Crippen LogP contribution in [-0.2, 0) is 4.79 Å². The van der Waals surface area contributed by atoms with Crippen LogP contribution >= 0.6 is 0 Å². The highest BCUT2D eigenvalue weighted by Crippen LogP contribution is 2.06. The number of likely N-dealkylation sites (N-methyl/N-ethyl adjacent to an activating group) is 1. The highest BCUT2D eigenvalue weighted by molar-refractivity contribution is 5.82. The number of ketones is 1. The molecule has 2 unspecified atom stereocenters. The Morgan fingerprint density at radius 3 is 2.54 bits per heavy atom. The molecule has 1 N–H and O–H groups in total. The first-order valence-electron chi connectivity index (χ1n) is 4.39. The summed E-state index contributed by atoms with van der Waals surface area (Å²) >= 11 is 0. The average molecular weight is 180 g/mol. The van der Waals surface area contributed by atoms with Crippen molar-refractivity contribution in [2.75, 3.05) is 14.1 Å². The first-order valence-corrected chi connectivity index (χ1v) is 4.39. The van der Waals surface area contributed by atoms with Crippen molar-refractivity contribution in [1.82, 2.24) is 10.2 Å². The summed E-state index contributed by atoms with van der Waals surface area (Å²) in [5, 5.41) is 3.15. The van der Waals surface area contributed by atoms with Crippen LogP contribution in [-0.4, -0.2) is 36.9 Å². The van der Waals surface area contributed by atoms with Crippen molar-refractivity contribution >= 4 is 5.78 Å². The summed E-state index contributed by atoms with van der Waals surface area (Å²) in [5.41, 5.74) is 0. The SMILES string of the molecule is CC(=O)C(C1C=CC=CN1)N(C)C. The number of allylic oxidation sites excluding steroid dienone is 2. The van der Waals surface area contributed by atoms with Crippen molar-refractivity contribution in [3.8, 4) is 0 Å². The summed E-state index contributed by atoms with van der Waals surface area (Å²) in [4.78, 5) is 13.3. The molecule has 3 heteroatoms. The van der Waals surface area contributed by atoms with E-state index >= 15 is 0 Å². The van der Waals surface area contributed by atoms with E-state index in [1.165, 1.54) is 0 Å². The van der Waals surface area contributed by atoms with Crippen LogP contribution in [0.2, 0.25) is 0 Å². The highest BCUT2D eigenvalue weighted by Gasteiger charge is 2.25. The summed E-state index contributed by atoms with van der Waals surface area (Å²) in [7, 11) is 3.83. The van der Waals surface area contributed by atoms with Crippen molar-refractivity contribution in [2.24, 2.45) is 0 Å². The van der Waals surface area contributed by atoms with Gasteiger partial charge in [0.15, 0.2) is 0 Å². The van der Waals surface area contributed by atoms with Gasteiger partial charge in [-0.1, -0.05) is 12.2 Å². The van der Waals surface area contributed by atoms with Gasteiger partial charge < -0.3 is 5.32 Å². The van der Waals surface area contributed by atoms with Crippen LogP contribution < -0.4 is 5.32 Å². The summed E-state index contributed by atoms with van der Waals surface area (Å²) in [6.07, 6.45) is 7.75. The second-order valence-corrected chi connectivity index (χ2v) is 3.46. The third-order valence-corrected chi connectivity index (χ3v) is 2.13. The fourth-order valence-electron chi connectivity index (χ4n) is 1.60. The summed E-state index contributed by atoms with van der Waals surface area (Å²) in [6, 6.07) is 0.0127. The summed E-state index contributed by atoms with van der Waals surface area (Å²) in [6.45, 7) is 1.62. The molecule has 3 nitrogen and oxygen atoms in total. The fraction of sp³-hybridized carbons (Fsp3) is 0.500. The van der Waals surface area contributed by atoms with Gasteiger partial charge >= 0.3 is 0 Å². The van der Waals surface area contributed by atoms with Crippen LogP contribution in [0.3, 0.4) is 0 Å². The number of nitrogens with zero attached hydrogens (tertiary/aromatic N) is 1. The van der Waals surface area contributed by atoms with E-state index in [0.29, 0.717) is 0 Å².